The van der Waals surface area contributed by atoms with Gasteiger partial charge in [-0.2, -0.15) is 13.2 Å². The maximum Gasteiger partial charge on any atom is 0.433 e. The third-order valence-corrected chi connectivity index (χ3v) is 4.15. The molecule has 0 aliphatic heterocycles. The zero-order valence-corrected chi connectivity index (χ0v) is 15.8. The lowest BCUT2D eigenvalue weighted by Crippen LogP contribution is -2.17. The van der Waals surface area contributed by atoms with Gasteiger partial charge in [-0.3, -0.25) is 4.98 Å². The molecule has 0 fully saturated rings. The zero-order chi connectivity index (χ0) is 20.9. The van der Waals surface area contributed by atoms with Crippen LogP contribution in [0.5, 0.6) is 5.75 Å². The van der Waals surface area contributed by atoms with E-state index in [-0.39, 0.29) is 18.2 Å². The molecule has 152 valence electrons. The van der Waals surface area contributed by atoms with Crippen LogP contribution in [0.25, 0.3) is 11.4 Å². The van der Waals surface area contributed by atoms with E-state index in [2.05, 4.69) is 20.3 Å². The second-order valence-corrected chi connectivity index (χ2v) is 6.08. The van der Waals surface area contributed by atoms with Crippen molar-refractivity contribution in [3.05, 3.63) is 66.1 Å². The molecule has 0 bridgehead atoms. The lowest BCUT2D eigenvalue weighted by Gasteiger charge is -2.18. The Morgan fingerprint density at radius 1 is 1.07 bits per heavy atom. The van der Waals surface area contributed by atoms with E-state index in [0.29, 0.717) is 11.3 Å². The standard InChI is InChI=1S/C20H19F3N4O2/c1-28-15-7-3-5-13(9-15)16(29-2)12-25-18-10-17(20(21,22)23)26-19(27-18)14-6-4-8-24-11-14/h3-11,16H,12H2,1-2H3,(H,25,26,27). The number of methoxy groups -OCH3 is 2. The Bertz CT molecular complexity index is 952. The normalized spacial score (nSPS) is 12.4. The van der Waals surface area contributed by atoms with Gasteiger partial charge in [0.15, 0.2) is 11.5 Å². The highest BCUT2D eigenvalue weighted by Gasteiger charge is 2.34. The van der Waals surface area contributed by atoms with Gasteiger partial charge in [0.2, 0.25) is 0 Å². The first kappa shape index (κ1) is 20.5. The molecule has 1 atom stereocenters. The van der Waals surface area contributed by atoms with Gasteiger partial charge < -0.3 is 14.8 Å². The highest BCUT2D eigenvalue weighted by Crippen LogP contribution is 2.31. The Hall–Kier alpha value is -3.20. The third-order valence-electron chi connectivity index (χ3n) is 4.15. The van der Waals surface area contributed by atoms with Crippen LogP contribution in [0.3, 0.4) is 0 Å². The van der Waals surface area contributed by atoms with Gasteiger partial charge in [0.1, 0.15) is 11.6 Å². The van der Waals surface area contributed by atoms with Crippen LogP contribution in [0.4, 0.5) is 19.0 Å². The minimum absolute atomic E-state index is 0.0381. The Balaban J connectivity index is 1.87. The van der Waals surface area contributed by atoms with Crippen LogP contribution < -0.4 is 10.1 Å². The predicted octanol–water partition coefficient (Wildman–Crippen LogP) is 4.37. The molecular formula is C20H19F3N4O2. The summed E-state index contributed by atoms with van der Waals surface area (Å²) in [6, 6.07) is 11.3. The molecule has 1 N–H and O–H groups in total. The van der Waals surface area contributed by atoms with Crippen molar-refractivity contribution in [1.82, 2.24) is 15.0 Å². The number of aromatic nitrogens is 3. The molecule has 1 aromatic carbocycles. The fraction of sp³-hybridized carbons (Fsp3) is 0.250. The van der Waals surface area contributed by atoms with Crippen LogP contribution in [0.2, 0.25) is 0 Å². The summed E-state index contributed by atoms with van der Waals surface area (Å²) >= 11 is 0. The van der Waals surface area contributed by atoms with Crippen molar-refractivity contribution in [2.75, 3.05) is 26.1 Å². The van der Waals surface area contributed by atoms with E-state index >= 15 is 0 Å². The van der Waals surface area contributed by atoms with Crippen LogP contribution in [0.15, 0.2) is 54.9 Å². The largest absolute Gasteiger partial charge is 0.497 e. The molecule has 2 heterocycles. The van der Waals surface area contributed by atoms with Crippen LogP contribution >= 0.6 is 0 Å². The maximum atomic E-state index is 13.3. The number of ether oxygens (including phenoxy) is 2. The van der Waals surface area contributed by atoms with Gasteiger partial charge in [0, 0.05) is 37.7 Å². The van der Waals surface area contributed by atoms with Crippen molar-refractivity contribution in [2.45, 2.75) is 12.3 Å². The van der Waals surface area contributed by atoms with Gasteiger partial charge in [-0.1, -0.05) is 12.1 Å². The SMILES string of the molecule is COc1cccc(C(CNc2cc(C(F)(F)F)nc(-c3cccnc3)n2)OC)c1. The Morgan fingerprint density at radius 2 is 1.90 bits per heavy atom. The van der Waals surface area contributed by atoms with Crippen molar-refractivity contribution in [3.8, 4) is 17.1 Å². The second kappa shape index (κ2) is 8.87. The summed E-state index contributed by atoms with van der Waals surface area (Å²) in [6.07, 6.45) is -2.10. The van der Waals surface area contributed by atoms with E-state index in [1.165, 1.54) is 19.5 Å². The molecule has 3 rings (SSSR count). The molecule has 0 saturated carbocycles. The summed E-state index contributed by atoms with van der Waals surface area (Å²) < 4.78 is 50.6. The first-order chi connectivity index (χ1) is 13.9. The lowest BCUT2D eigenvalue weighted by atomic mass is 10.1. The van der Waals surface area contributed by atoms with E-state index in [1.54, 1.807) is 31.4 Å². The Labute approximate surface area is 165 Å². The van der Waals surface area contributed by atoms with E-state index < -0.39 is 18.0 Å². The van der Waals surface area contributed by atoms with Gasteiger partial charge in [-0.15, -0.1) is 0 Å². The number of anilines is 1. The van der Waals surface area contributed by atoms with Crippen molar-refractivity contribution in [3.63, 3.8) is 0 Å². The molecule has 3 aromatic rings. The number of benzene rings is 1. The number of rotatable bonds is 7. The number of nitrogens with one attached hydrogen (secondary N) is 1. The number of alkyl halides is 3. The molecule has 0 aliphatic carbocycles. The van der Waals surface area contributed by atoms with Crippen molar-refractivity contribution in [2.24, 2.45) is 0 Å². The van der Waals surface area contributed by atoms with E-state index in [9.17, 15) is 13.2 Å². The smallest absolute Gasteiger partial charge is 0.433 e. The average Bonchev–Trinajstić information content (AvgIpc) is 2.74. The van der Waals surface area contributed by atoms with E-state index in [1.807, 2.05) is 12.1 Å². The van der Waals surface area contributed by atoms with E-state index in [4.69, 9.17) is 9.47 Å². The van der Waals surface area contributed by atoms with Gasteiger partial charge in [0.25, 0.3) is 0 Å². The second-order valence-electron chi connectivity index (χ2n) is 6.08. The molecule has 9 heteroatoms. The molecule has 29 heavy (non-hydrogen) atoms. The van der Waals surface area contributed by atoms with Gasteiger partial charge in [-0.05, 0) is 29.8 Å². The minimum atomic E-state index is -4.61. The zero-order valence-electron chi connectivity index (χ0n) is 15.8. The number of hydrogen-bond acceptors (Lipinski definition) is 6. The molecule has 0 spiro atoms. The number of nitrogens with zero attached hydrogens (tertiary/aromatic N) is 3. The lowest BCUT2D eigenvalue weighted by molar-refractivity contribution is -0.141. The first-order valence-corrected chi connectivity index (χ1v) is 8.68. The summed E-state index contributed by atoms with van der Waals surface area (Å²) in [6.45, 7) is 0.199. The number of hydrogen-bond donors (Lipinski definition) is 1. The van der Waals surface area contributed by atoms with Crippen LogP contribution in [0.1, 0.15) is 17.4 Å². The Morgan fingerprint density at radius 3 is 2.55 bits per heavy atom. The van der Waals surface area contributed by atoms with Crippen LogP contribution in [0, 0.1) is 0 Å². The van der Waals surface area contributed by atoms with Gasteiger partial charge in [-0.25, -0.2) is 9.97 Å². The van der Waals surface area contributed by atoms with Crippen molar-refractivity contribution < 1.29 is 22.6 Å². The summed E-state index contributed by atoms with van der Waals surface area (Å²) in [5.74, 6) is 0.631. The molecule has 0 radical (unpaired) electrons. The molecule has 6 nitrogen and oxygen atoms in total. The topological polar surface area (TPSA) is 69.2 Å². The highest BCUT2D eigenvalue weighted by atomic mass is 19.4. The Kier molecular flexibility index (Phi) is 6.28. The predicted molar refractivity (Wildman–Crippen MR) is 101 cm³/mol. The third kappa shape index (κ3) is 5.20. The van der Waals surface area contributed by atoms with Gasteiger partial charge >= 0.3 is 6.18 Å². The molecular weight excluding hydrogens is 385 g/mol. The molecule has 1 unspecified atom stereocenters. The summed E-state index contributed by atoms with van der Waals surface area (Å²) in [7, 11) is 3.08. The monoisotopic (exact) mass is 404 g/mol. The summed E-state index contributed by atoms with van der Waals surface area (Å²) in [5.41, 5.74) is 0.166. The average molecular weight is 404 g/mol. The van der Waals surface area contributed by atoms with Crippen LogP contribution in [-0.4, -0.2) is 35.7 Å². The maximum absolute atomic E-state index is 13.3. The fourth-order valence-electron chi connectivity index (χ4n) is 2.68. The highest BCUT2D eigenvalue weighted by molar-refractivity contribution is 5.56. The summed E-state index contributed by atoms with van der Waals surface area (Å²) in [5, 5.41) is 2.92. The minimum Gasteiger partial charge on any atom is -0.497 e. The van der Waals surface area contributed by atoms with Gasteiger partial charge in [0.05, 0.1) is 13.2 Å². The summed E-state index contributed by atoms with van der Waals surface area (Å²) in [4.78, 5) is 11.8. The van der Waals surface area contributed by atoms with E-state index in [0.717, 1.165) is 11.6 Å². The van der Waals surface area contributed by atoms with Crippen molar-refractivity contribution in [1.29, 1.82) is 0 Å². The number of pyridine rings is 1. The fourth-order valence-corrected chi connectivity index (χ4v) is 2.68. The first-order valence-electron chi connectivity index (χ1n) is 8.68. The molecule has 0 aliphatic rings. The molecule has 0 amide bonds. The molecule has 2 aromatic heterocycles. The quantitative estimate of drug-likeness (QED) is 0.631. The number of halogens is 3. The van der Waals surface area contributed by atoms with Crippen LogP contribution in [-0.2, 0) is 10.9 Å². The molecule has 0 saturated heterocycles. The van der Waals surface area contributed by atoms with Crippen molar-refractivity contribution >= 4 is 5.82 Å².